The second-order valence-corrected chi connectivity index (χ2v) is 7.94. The fourth-order valence-corrected chi connectivity index (χ4v) is 3.11. The maximum atomic E-state index is 13.2. The standard InChI is InChI=1S/C23H29ClN2O2/c1-16(2)14-25-23(28)18(4)26(15-20-11-7-8-12-21(20)24)22(27)13-19-10-6-5-9-17(19)3/h5-12,16,18H,13-15H2,1-4H3,(H,25,28)/t18-/m0/s1. The number of amides is 2. The van der Waals surface area contributed by atoms with Crippen molar-refractivity contribution in [1.29, 1.82) is 0 Å². The van der Waals surface area contributed by atoms with E-state index in [4.69, 9.17) is 11.6 Å². The van der Waals surface area contributed by atoms with Crippen molar-refractivity contribution in [3.8, 4) is 0 Å². The quantitative estimate of drug-likeness (QED) is 0.714. The molecule has 0 saturated carbocycles. The Morgan fingerprint density at radius 3 is 2.21 bits per heavy atom. The lowest BCUT2D eigenvalue weighted by Gasteiger charge is -2.29. The topological polar surface area (TPSA) is 49.4 Å². The maximum Gasteiger partial charge on any atom is 0.242 e. The molecule has 5 heteroatoms. The summed E-state index contributed by atoms with van der Waals surface area (Å²) in [5.74, 6) is 0.0936. The van der Waals surface area contributed by atoms with Gasteiger partial charge in [-0.1, -0.05) is 67.9 Å². The lowest BCUT2D eigenvalue weighted by molar-refractivity contribution is -0.140. The molecular weight excluding hydrogens is 372 g/mol. The van der Waals surface area contributed by atoms with Crippen LogP contribution in [0.3, 0.4) is 0 Å². The highest BCUT2D eigenvalue weighted by molar-refractivity contribution is 6.31. The lowest BCUT2D eigenvalue weighted by atomic mass is 10.0. The summed E-state index contributed by atoms with van der Waals surface area (Å²) in [5.41, 5.74) is 2.85. The molecule has 28 heavy (non-hydrogen) atoms. The molecule has 2 aromatic rings. The van der Waals surface area contributed by atoms with Gasteiger partial charge in [-0.25, -0.2) is 0 Å². The van der Waals surface area contributed by atoms with Crippen LogP contribution in [0.15, 0.2) is 48.5 Å². The average Bonchev–Trinajstić information content (AvgIpc) is 2.66. The summed E-state index contributed by atoms with van der Waals surface area (Å²) >= 11 is 6.31. The third kappa shape index (κ3) is 6.10. The SMILES string of the molecule is Cc1ccccc1CC(=O)N(Cc1ccccc1Cl)[C@@H](C)C(=O)NCC(C)C. The van der Waals surface area contributed by atoms with Gasteiger partial charge in [0.25, 0.3) is 0 Å². The van der Waals surface area contributed by atoms with Crippen LogP contribution in [0.5, 0.6) is 0 Å². The summed E-state index contributed by atoms with van der Waals surface area (Å²) in [4.78, 5) is 27.4. The Balaban J connectivity index is 2.24. The molecule has 0 bridgehead atoms. The van der Waals surface area contributed by atoms with E-state index in [1.54, 1.807) is 17.9 Å². The molecule has 0 aliphatic rings. The first kappa shape index (κ1) is 22.0. The second kappa shape index (κ2) is 10.3. The molecule has 0 radical (unpaired) electrons. The molecule has 1 atom stereocenters. The Labute approximate surface area is 172 Å². The molecular formula is C23H29ClN2O2. The van der Waals surface area contributed by atoms with Crippen molar-refractivity contribution >= 4 is 23.4 Å². The van der Waals surface area contributed by atoms with Gasteiger partial charge >= 0.3 is 0 Å². The van der Waals surface area contributed by atoms with Crippen molar-refractivity contribution in [2.45, 2.75) is 46.7 Å². The predicted octanol–water partition coefficient (Wildman–Crippen LogP) is 4.38. The van der Waals surface area contributed by atoms with Gasteiger partial charge in [0.15, 0.2) is 0 Å². The van der Waals surface area contributed by atoms with Crippen LogP contribution in [0, 0.1) is 12.8 Å². The predicted molar refractivity (Wildman–Crippen MR) is 114 cm³/mol. The molecule has 0 fully saturated rings. The van der Waals surface area contributed by atoms with Crippen LogP contribution in [0.1, 0.15) is 37.5 Å². The first-order valence-corrected chi connectivity index (χ1v) is 10.0. The number of halogens is 1. The molecule has 2 rings (SSSR count). The van der Waals surface area contributed by atoms with E-state index in [-0.39, 0.29) is 18.2 Å². The van der Waals surface area contributed by atoms with Gasteiger partial charge in [-0.2, -0.15) is 0 Å². The van der Waals surface area contributed by atoms with Crippen molar-refractivity contribution in [3.05, 3.63) is 70.2 Å². The Morgan fingerprint density at radius 2 is 1.61 bits per heavy atom. The Bertz CT molecular complexity index is 820. The van der Waals surface area contributed by atoms with Gasteiger partial charge in [0, 0.05) is 18.1 Å². The first-order chi connectivity index (χ1) is 13.3. The Hall–Kier alpha value is -2.33. The summed E-state index contributed by atoms with van der Waals surface area (Å²) in [6.45, 7) is 8.70. The van der Waals surface area contributed by atoms with E-state index in [1.165, 1.54) is 0 Å². The highest BCUT2D eigenvalue weighted by Gasteiger charge is 2.27. The van der Waals surface area contributed by atoms with Gasteiger partial charge in [0.1, 0.15) is 6.04 Å². The van der Waals surface area contributed by atoms with Crippen LogP contribution < -0.4 is 5.32 Å². The molecule has 0 aromatic heterocycles. The zero-order valence-corrected chi connectivity index (χ0v) is 17.8. The van der Waals surface area contributed by atoms with Crippen LogP contribution in [-0.2, 0) is 22.6 Å². The van der Waals surface area contributed by atoms with Gasteiger partial charge in [-0.15, -0.1) is 0 Å². The minimum atomic E-state index is -0.591. The van der Waals surface area contributed by atoms with Crippen LogP contribution in [0.2, 0.25) is 5.02 Å². The van der Waals surface area contributed by atoms with E-state index in [9.17, 15) is 9.59 Å². The van der Waals surface area contributed by atoms with E-state index >= 15 is 0 Å². The summed E-state index contributed by atoms with van der Waals surface area (Å²) in [7, 11) is 0. The maximum absolute atomic E-state index is 13.2. The highest BCUT2D eigenvalue weighted by Crippen LogP contribution is 2.20. The number of benzene rings is 2. The summed E-state index contributed by atoms with van der Waals surface area (Å²) in [6, 6.07) is 14.6. The fraction of sp³-hybridized carbons (Fsp3) is 0.391. The van der Waals surface area contributed by atoms with Gasteiger partial charge in [-0.05, 0) is 42.5 Å². The number of nitrogens with one attached hydrogen (secondary N) is 1. The van der Waals surface area contributed by atoms with Crippen LogP contribution in [0.25, 0.3) is 0 Å². The fourth-order valence-electron chi connectivity index (χ4n) is 2.92. The zero-order valence-electron chi connectivity index (χ0n) is 17.0. The summed E-state index contributed by atoms with van der Waals surface area (Å²) in [5, 5.41) is 3.52. The normalized spacial score (nSPS) is 11.9. The molecule has 2 aromatic carbocycles. The van der Waals surface area contributed by atoms with Gasteiger partial charge in [-0.3, -0.25) is 9.59 Å². The van der Waals surface area contributed by atoms with Gasteiger partial charge < -0.3 is 10.2 Å². The number of rotatable bonds is 8. The van der Waals surface area contributed by atoms with Crippen molar-refractivity contribution < 1.29 is 9.59 Å². The van der Waals surface area contributed by atoms with Crippen molar-refractivity contribution in [2.75, 3.05) is 6.54 Å². The van der Waals surface area contributed by atoms with Crippen molar-refractivity contribution in [3.63, 3.8) is 0 Å². The third-order valence-electron chi connectivity index (χ3n) is 4.75. The number of carbonyl (C=O) groups is 2. The molecule has 0 heterocycles. The smallest absolute Gasteiger partial charge is 0.242 e. The zero-order chi connectivity index (χ0) is 20.7. The van der Waals surface area contributed by atoms with Crippen LogP contribution >= 0.6 is 11.6 Å². The third-order valence-corrected chi connectivity index (χ3v) is 5.12. The molecule has 2 amide bonds. The minimum absolute atomic E-state index is 0.0959. The molecule has 0 aliphatic carbocycles. The second-order valence-electron chi connectivity index (χ2n) is 7.53. The number of carbonyl (C=O) groups excluding carboxylic acids is 2. The molecule has 0 unspecified atom stereocenters. The van der Waals surface area contributed by atoms with Crippen LogP contribution in [0.4, 0.5) is 0 Å². The Kier molecular flexibility index (Phi) is 8.06. The molecule has 150 valence electrons. The molecule has 4 nitrogen and oxygen atoms in total. The van der Waals surface area contributed by atoms with E-state index in [1.807, 2.05) is 63.2 Å². The van der Waals surface area contributed by atoms with Crippen LogP contribution in [-0.4, -0.2) is 29.3 Å². The Morgan fingerprint density at radius 1 is 1.00 bits per heavy atom. The van der Waals surface area contributed by atoms with E-state index in [2.05, 4.69) is 5.32 Å². The number of aryl methyl sites for hydroxylation is 1. The van der Waals surface area contributed by atoms with Gasteiger partial charge in [0.05, 0.1) is 6.42 Å². The monoisotopic (exact) mass is 400 g/mol. The summed E-state index contributed by atoms with van der Waals surface area (Å²) in [6.07, 6.45) is 0.249. The number of nitrogens with zero attached hydrogens (tertiary/aromatic N) is 1. The average molecular weight is 401 g/mol. The highest BCUT2D eigenvalue weighted by atomic mass is 35.5. The number of hydrogen-bond acceptors (Lipinski definition) is 2. The van der Waals surface area contributed by atoms with E-state index < -0.39 is 6.04 Å². The molecule has 0 saturated heterocycles. The lowest BCUT2D eigenvalue weighted by Crippen LogP contribution is -2.48. The molecule has 0 spiro atoms. The van der Waals surface area contributed by atoms with E-state index in [0.717, 1.165) is 16.7 Å². The summed E-state index contributed by atoms with van der Waals surface area (Å²) < 4.78 is 0. The van der Waals surface area contributed by atoms with Crippen molar-refractivity contribution in [1.82, 2.24) is 10.2 Å². The first-order valence-electron chi connectivity index (χ1n) is 9.64. The largest absolute Gasteiger partial charge is 0.354 e. The minimum Gasteiger partial charge on any atom is -0.354 e. The van der Waals surface area contributed by atoms with Gasteiger partial charge in [0.2, 0.25) is 11.8 Å². The number of hydrogen-bond donors (Lipinski definition) is 1. The van der Waals surface area contributed by atoms with E-state index in [0.29, 0.717) is 24.0 Å². The van der Waals surface area contributed by atoms with Crippen molar-refractivity contribution in [2.24, 2.45) is 5.92 Å². The molecule has 1 N–H and O–H groups in total. The molecule has 0 aliphatic heterocycles.